The Morgan fingerprint density at radius 1 is 1.32 bits per heavy atom. The molecule has 1 aliphatic rings. The number of alkyl halides is 3. The molecule has 3 rings (SSSR count). The lowest BCUT2D eigenvalue weighted by atomic mass is 9.95. The highest BCUT2D eigenvalue weighted by Crippen LogP contribution is 2.41. The van der Waals surface area contributed by atoms with Crippen LogP contribution in [-0.4, -0.2) is 35.1 Å². The van der Waals surface area contributed by atoms with Gasteiger partial charge in [-0.3, -0.25) is 14.9 Å². The minimum absolute atomic E-state index is 0.0797. The lowest BCUT2D eigenvalue weighted by Crippen LogP contribution is -2.37. The zero-order valence-corrected chi connectivity index (χ0v) is 12.7. The number of benzene rings is 1. The van der Waals surface area contributed by atoms with Gasteiger partial charge in [-0.2, -0.15) is 13.2 Å². The molecule has 1 fully saturated rings. The SMILES string of the molecule is NC(=O)[C@@H]1CN(c2ccnc3c([N+](=O)[O-])cccc23)C[C@H]1C(F)(F)F. The molecule has 25 heavy (non-hydrogen) atoms. The summed E-state index contributed by atoms with van der Waals surface area (Å²) in [6, 6.07) is 5.73. The van der Waals surface area contributed by atoms with E-state index in [9.17, 15) is 28.1 Å². The topological polar surface area (TPSA) is 102 Å². The number of carbonyl (C=O) groups excluding carboxylic acids is 1. The van der Waals surface area contributed by atoms with Crippen molar-refractivity contribution in [2.75, 3.05) is 18.0 Å². The van der Waals surface area contributed by atoms with Crippen LogP contribution in [0.15, 0.2) is 30.5 Å². The van der Waals surface area contributed by atoms with Crippen molar-refractivity contribution in [2.45, 2.75) is 6.18 Å². The maximum absolute atomic E-state index is 13.2. The molecule has 2 aromatic rings. The zero-order chi connectivity index (χ0) is 18.4. The lowest BCUT2D eigenvalue weighted by molar-refractivity contribution is -0.383. The molecule has 0 radical (unpaired) electrons. The molecule has 1 aromatic heterocycles. The third kappa shape index (κ3) is 2.94. The number of anilines is 1. The summed E-state index contributed by atoms with van der Waals surface area (Å²) < 4.78 is 39.6. The average Bonchev–Trinajstić information content (AvgIpc) is 2.99. The van der Waals surface area contributed by atoms with Crippen molar-refractivity contribution in [3.05, 3.63) is 40.6 Å². The first-order chi connectivity index (χ1) is 11.7. The molecule has 0 bridgehead atoms. The molecule has 0 unspecified atom stereocenters. The van der Waals surface area contributed by atoms with E-state index in [0.717, 1.165) is 0 Å². The highest BCUT2D eigenvalue weighted by atomic mass is 19.4. The Bertz CT molecular complexity index is 856. The van der Waals surface area contributed by atoms with Gasteiger partial charge in [0.1, 0.15) is 5.52 Å². The number of fused-ring (bicyclic) bond motifs is 1. The van der Waals surface area contributed by atoms with Gasteiger partial charge in [-0.05, 0) is 6.07 Å². The summed E-state index contributed by atoms with van der Waals surface area (Å²) in [5.74, 6) is -4.28. The molecule has 0 aliphatic carbocycles. The maximum Gasteiger partial charge on any atom is 0.394 e. The molecular weight excluding hydrogens is 341 g/mol. The van der Waals surface area contributed by atoms with Crippen molar-refractivity contribution in [3.63, 3.8) is 0 Å². The third-order valence-electron chi connectivity index (χ3n) is 4.37. The van der Waals surface area contributed by atoms with Gasteiger partial charge in [-0.1, -0.05) is 12.1 Å². The Morgan fingerprint density at radius 3 is 2.60 bits per heavy atom. The predicted molar refractivity (Wildman–Crippen MR) is 82.8 cm³/mol. The number of hydrogen-bond acceptors (Lipinski definition) is 5. The van der Waals surface area contributed by atoms with Gasteiger partial charge >= 0.3 is 6.18 Å². The molecule has 132 valence electrons. The van der Waals surface area contributed by atoms with Crippen molar-refractivity contribution < 1.29 is 22.9 Å². The third-order valence-corrected chi connectivity index (χ3v) is 4.37. The minimum Gasteiger partial charge on any atom is -0.369 e. The van der Waals surface area contributed by atoms with Crippen LogP contribution >= 0.6 is 0 Å². The van der Waals surface area contributed by atoms with Crippen molar-refractivity contribution in [3.8, 4) is 0 Å². The van der Waals surface area contributed by atoms with Crippen molar-refractivity contribution >= 4 is 28.2 Å². The summed E-state index contributed by atoms with van der Waals surface area (Å²) >= 11 is 0. The lowest BCUT2D eigenvalue weighted by Gasteiger charge is -2.21. The van der Waals surface area contributed by atoms with Crippen LogP contribution in [0, 0.1) is 22.0 Å². The van der Waals surface area contributed by atoms with Gasteiger partial charge in [0.25, 0.3) is 5.69 Å². The summed E-state index contributed by atoms with van der Waals surface area (Å²) in [6.07, 6.45) is -3.27. The second kappa shape index (κ2) is 5.87. The second-order valence-electron chi connectivity index (χ2n) is 5.82. The van der Waals surface area contributed by atoms with Crippen molar-refractivity contribution in [1.82, 2.24) is 4.98 Å². The Labute approximate surface area is 139 Å². The van der Waals surface area contributed by atoms with Crippen LogP contribution in [0.4, 0.5) is 24.5 Å². The van der Waals surface area contributed by atoms with Crippen LogP contribution in [0.5, 0.6) is 0 Å². The number of para-hydroxylation sites is 1. The monoisotopic (exact) mass is 354 g/mol. The molecule has 7 nitrogen and oxygen atoms in total. The summed E-state index contributed by atoms with van der Waals surface area (Å²) in [4.78, 5) is 27.3. The zero-order valence-electron chi connectivity index (χ0n) is 12.7. The van der Waals surface area contributed by atoms with Gasteiger partial charge < -0.3 is 10.6 Å². The molecule has 0 spiro atoms. The highest BCUT2D eigenvalue weighted by molar-refractivity contribution is 5.97. The summed E-state index contributed by atoms with van der Waals surface area (Å²) in [5, 5.41) is 11.5. The van der Waals surface area contributed by atoms with E-state index in [1.165, 1.54) is 29.3 Å². The van der Waals surface area contributed by atoms with E-state index in [0.29, 0.717) is 11.1 Å². The molecule has 0 saturated carbocycles. The van der Waals surface area contributed by atoms with E-state index in [1.54, 1.807) is 6.07 Å². The normalized spacial score (nSPS) is 20.8. The number of primary amides is 1. The van der Waals surface area contributed by atoms with E-state index < -0.39 is 35.4 Å². The van der Waals surface area contributed by atoms with Crippen LogP contribution in [0.1, 0.15) is 0 Å². The van der Waals surface area contributed by atoms with Gasteiger partial charge in [-0.25, -0.2) is 4.98 Å². The number of nitro groups is 1. The number of halogens is 3. The number of non-ortho nitro benzene ring substituents is 1. The number of carbonyl (C=O) groups is 1. The van der Waals surface area contributed by atoms with Crippen LogP contribution in [0.25, 0.3) is 10.9 Å². The molecular formula is C15H13F3N4O3. The summed E-state index contributed by atoms with van der Waals surface area (Å²) in [5.41, 5.74) is 5.33. The average molecular weight is 354 g/mol. The number of nitrogens with zero attached hydrogens (tertiary/aromatic N) is 3. The number of hydrogen-bond donors (Lipinski definition) is 1. The quantitative estimate of drug-likeness (QED) is 0.673. The Morgan fingerprint density at radius 2 is 2.04 bits per heavy atom. The predicted octanol–water partition coefficient (Wildman–Crippen LogP) is 2.24. The smallest absolute Gasteiger partial charge is 0.369 e. The fourth-order valence-electron chi connectivity index (χ4n) is 3.19. The Balaban J connectivity index is 2.07. The van der Waals surface area contributed by atoms with Crippen LogP contribution in [-0.2, 0) is 4.79 Å². The molecule has 2 N–H and O–H groups in total. The van der Waals surface area contributed by atoms with Gasteiger partial charge in [0.05, 0.1) is 16.8 Å². The highest BCUT2D eigenvalue weighted by Gasteiger charge is 2.52. The number of nitrogens with two attached hydrogens (primary N) is 1. The standard InChI is InChI=1S/C15H13F3N4O3/c16-15(17,18)10-7-21(6-9(10)14(19)23)11-4-5-20-13-8(11)2-1-3-12(13)22(24)25/h1-5,9-10H,6-7H2,(H2,19,23)/t9-,10-/m1/s1. The van der Waals surface area contributed by atoms with Gasteiger partial charge in [-0.15, -0.1) is 0 Å². The Kier molecular flexibility index (Phi) is 3.97. The molecule has 2 heterocycles. The first-order valence-corrected chi connectivity index (χ1v) is 7.33. The molecule has 10 heteroatoms. The molecule has 2 atom stereocenters. The van der Waals surface area contributed by atoms with Gasteiger partial charge in [0, 0.05) is 36.4 Å². The van der Waals surface area contributed by atoms with Crippen molar-refractivity contribution in [2.24, 2.45) is 17.6 Å². The fourth-order valence-corrected chi connectivity index (χ4v) is 3.19. The number of rotatable bonds is 3. The summed E-state index contributed by atoms with van der Waals surface area (Å²) in [7, 11) is 0. The second-order valence-corrected chi connectivity index (χ2v) is 5.82. The minimum atomic E-state index is -4.57. The fraction of sp³-hybridized carbons (Fsp3) is 0.333. The molecule has 1 aliphatic heterocycles. The number of pyridine rings is 1. The number of nitro benzene ring substituents is 1. The van der Waals surface area contributed by atoms with Crippen LogP contribution in [0.2, 0.25) is 0 Å². The van der Waals surface area contributed by atoms with Crippen molar-refractivity contribution in [1.29, 1.82) is 0 Å². The molecule has 1 saturated heterocycles. The van der Waals surface area contributed by atoms with E-state index in [2.05, 4.69) is 4.98 Å². The molecule has 1 aromatic carbocycles. The van der Waals surface area contributed by atoms with E-state index in [-0.39, 0.29) is 17.7 Å². The number of amides is 1. The summed E-state index contributed by atoms with van der Waals surface area (Å²) in [6.45, 7) is -0.653. The van der Waals surface area contributed by atoms with Gasteiger partial charge in [0.15, 0.2) is 0 Å². The Hall–Kier alpha value is -2.91. The van der Waals surface area contributed by atoms with E-state index >= 15 is 0 Å². The first kappa shape index (κ1) is 16.9. The van der Waals surface area contributed by atoms with Gasteiger partial charge in [0.2, 0.25) is 5.91 Å². The number of aromatic nitrogens is 1. The largest absolute Gasteiger partial charge is 0.394 e. The molecule has 1 amide bonds. The van der Waals surface area contributed by atoms with E-state index in [1.807, 2.05) is 0 Å². The maximum atomic E-state index is 13.2. The van der Waals surface area contributed by atoms with Crippen LogP contribution < -0.4 is 10.6 Å². The van der Waals surface area contributed by atoms with E-state index in [4.69, 9.17) is 5.73 Å². The van der Waals surface area contributed by atoms with Crippen LogP contribution in [0.3, 0.4) is 0 Å². The first-order valence-electron chi connectivity index (χ1n) is 7.33.